The van der Waals surface area contributed by atoms with Gasteiger partial charge in [0.25, 0.3) is 0 Å². The van der Waals surface area contributed by atoms with E-state index in [0.717, 1.165) is 30.7 Å². The maximum atomic E-state index is 6.36. The Morgan fingerprint density at radius 2 is 1.47 bits per heavy atom. The molecule has 0 saturated carbocycles. The van der Waals surface area contributed by atoms with E-state index in [2.05, 4.69) is 58.0 Å². The van der Waals surface area contributed by atoms with Crippen LogP contribution in [0.5, 0.6) is 0 Å². The molecular formula is C15H26NO+. The lowest BCUT2D eigenvalue weighted by atomic mass is 10.1. The van der Waals surface area contributed by atoms with E-state index >= 15 is 0 Å². The van der Waals surface area contributed by atoms with Gasteiger partial charge in [0.1, 0.15) is 25.7 Å². The lowest BCUT2D eigenvalue weighted by molar-refractivity contribution is -1.11. The molecule has 1 rings (SSSR count). The fraction of sp³-hybridized carbons (Fsp3) is 0.600. The molecule has 0 bridgehead atoms. The molecule has 0 saturated heterocycles. The summed E-state index contributed by atoms with van der Waals surface area (Å²) in [5, 5.41) is 0. The van der Waals surface area contributed by atoms with Crippen LogP contribution in [-0.4, -0.2) is 24.3 Å². The largest absolute Gasteiger partial charge is 0.195 e. The van der Waals surface area contributed by atoms with Crippen molar-refractivity contribution in [3.8, 4) is 0 Å². The van der Waals surface area contributed by atoms with Gasteiger partial charge in [0.05, 0.1) is 0 Å². The van der Waals surface area contributed by atoms with Crippen LogP contribution in [0.4, 0.5) is 0 Å². The minimum Gasteiger partial charge on any atom is -0.195 e. The molecule has 0 N–H and O–H groups in total. The van der Waals surface area contributed by atoms with Gasteiger partial charge < -0.3 is 0 Å². The summed E-state index contributed by atoms with van der Waals surface area (Å²) in [5.74, 6) is 0. The van der Waals surface area contributed by atoms with Crippen molar-refractivity contribution in [1.29, 1.82) is 0 Å². The van der Waals surface area contributed by atoms with Crippen LogP contribution >= 0.6 is 0 Å². The number of hydroxylamine groups is 3. The third-order valence-electron chi connectivity index (χ3n) is 3.62. The van der Waals surface area contributed by atoms with Gasteiger partial charge in [0.2, 0.25) is 0 Å². The van der Waals surface area contributed by atoms with Gasteiger partial charge in [-0.25, -0.2) is 0 Å². The van der Waals surface area contributed by atoms with Crippen LogP contribution in [0.15, 0.2) is 30.3 Å². The molecule has 96 valence electrons. The van der Waals surface area contributed by atoms with Gasteiger partial charge in [0.15, 0.2) is 0 Å². The van der Waals surface area contributed by atoms with Crippen molar-refractivity contribution in [3.05, 3.63) is 35.9 Å². The molecule has 0 aromatic heterocycles. The van der Waals surface area contributed by atoms with Crippen LogP contribution in [0, 0.1) is 0 Å². The Kier molecular flexibility index (Phi) is 5.66. The third-order valence-corrected chi connectivity index (χ3v) is 3.62. The third kappa shape index (κ3) is 3.55. The van der Waals surface area contributed by atoms with Gasteiger partial charge in [-0.1, -0.05) is 37.3 Å². The van der Waals surface area contributed by atoms with Gasteiger partial charge in [-0.3, -0.25) is 0 Å². The average Bonchev–Trinajstić information content (AvgIpc) is 2.42. The zero-order chi connectivity index (χ0) is 12.7. The molecule has 1 unspecified atom stereocenters. The molecule has 2 nitrogen and oxygen atoms in total. The first kappa shape index (κ1) is 14.2. The van der Waals surface area contributed by atoms with Gasteiger partial charge >= 0.3 is 0 Å². The minimum atomic E-state index is 0.205. The molecule has 0 amide bonds. The molecule has 1 atom stereocenters. The van der Waals surface area contributed by atoms with Crippen molar-refractivity contribution >= 4 is 0 Å². The molecule has 2 heteroatoms. The van der Waals surface area contributed by atoms with E-state index in [0.29, 0.717) is 0 Å². The highest BCUT2D eigenvalue weighted by atomic mass is 16.7. The Bertz CT molecular complexity index is 298. The number of hydrogen-bond donors (Lipinski definition) is 0. The van der Waals surface area contributed by atoms with E-state index in [-0.39, 0.29) is 6.10 Å². The highest BCUT2D eigenvalue weighted by Crippen LogP contribution is 2.25. The molecule has 0 spiro atoms. The minimum absolute atomic E-state index is 0.205. The van der Waals surface area contributed by atoms with E-state index in [1.54, 1.807) is 0 Å². The lowest BCUT2D eigenvalue weighted by Crippen LogP contribution is -2.48. The van der Waals surface area contributed by atoms with E-state index in [4.69, 9.17) is 4.84 Å². The van der Waals surface area contributed by atoms with Crippen LogP contribution in [-0.2, 0) is 4.84 Å². The first-order chi connectivity index (χ1) is 8.21. The Morgan fingerprint density at radius 3 is 1.88 bits per heavy atom. The highest BCUT2D eigenvalue weighted by Gasteiger charge is 2.28. The monoisotopic (exact) mass is 236 g/mol. The van der Waals surface area contributed by atoms with Gasteiger partial charge in [0, 0.05) is 0 Å². The second-order valence-electron chi connectivity index (χ2n) is 4.42. The zero-order valence-corrected chi connectivity index (χ0v) is 11.6. The smallest absolute Gasteiger partial charge is 0.142 e. The summed E-state index contributed by atoms with van der Waals surface area (Å²) in [6, 6.07) is 10.5. The van der Waals surface area contributed by atoms with E-state index < -0.39 is 0 Å². The maximum Gasteiger partial charge on any atom is 0.142 e. The molecule has 17 heavy (non-hydrogen) atoms. The van der Waals surface area contributed by atoms with Crippen molar-refractivity contribution in [1.82, 2.24) is 0 Å². The topological polar surface area (TPSA) is 9.23 Å². The Morgan fingerprint density at radius 1 is 0.941 bits per heavy atom. The van der Waals surface area contributed by atoms with Crippen LogP contribution in [0.1, 0.15) is 45.8 Å². The highest BCUT2D eigenvalue weighted by molar-refractivity contribution is 5.17. The fourth-order valence-electron chi connectivity index (χ4n) is 2.20. The Balaban J connectivity index is 2.82. The van der Waals surface area contributed by atoms with Crippen molar-refractivity contribution in [2.45, 2.75) is 40.2 Å². The summed E-state index contributed by atoms with van der Waals surface area (Å²) in [4.78, 5) is 6.36. The fourth-order valence-corrected chi connectivity index (χ4v) is 2.20. The first-order valence-electron chi connectivity index (χ1n) is 6.80. The maximum absolute atomic E-state index is 6.36. The summed E-state index contributed by atoms with van der Waals surface area (Å²) >= 11 is 0. The Labute approximate surface area is 106 Å². The lowest BCUT2D eigenvalue weighted by Gasteiger charge is -2.35. The first-order valence-corrected chi connectivity index (χ1v) is 6.80. The molecule has 0 aliphatic rings. The number of rotatable bonds is 7. The van der Waals surface area contributed by atoms with Crippen LogP contribution < -0.4 is 0 Å². The molecule has 0 radical (unpaired) electrons. The molecule has 0 heterocycles. The van der Waals surface area contributed by atoms with Crippen LogP contribution in [0.2, 0.25) is 0 Å². The average molecular weight is 236 g/mol. The number of hydrogen-bond acceptors (Lipinski definition) is 1. The summed E-state index contributed by atoms with van der Waals surface area (Å²) < 4.78 is 0.743. The number of nitrogens with zero attached hydrogens (tertiary/aromatic N) is 1. The van der Waals surface area contributed by atoms with Gasteiger partial charge in [-0.2, -0.15) is 9.48 Å². The van der Waals surface area contributed by atoms with E-state index in [1.165, 1.54) is 5.56 Å². The van der Waals surface area contributed by atoms with Crippen molar-refractivity contribution < 1.29 is 9.48 Å². The van der Waals surface area contributed by atoms with Crippen molar-refractivity contribution in [2.75, 3.05) is 19.6 Å². The van der Waals surface area contributed by atoms with Crippen LogP contribution in [0.3, 0.4) is 0 Å². The summed E-state index contributed by atoms with van der Waals surface area (Å²) in [5.41, 5.74) is 1.29. The predicted molar refractivity (Wildman–Crippen MR) is 72.4 cm³/mol. The molecule has 0 aliphatic heterocycles. The number of benzene rings is 1. The molecule has 1 aromatic rings. The molecular weight excluding hydrogens is 210 g/mol. The number of quaternary nitrogens is 1. The van der Waals surface area contributed by atoms with Gasteiger partial charge in [-0.05, 0) is 32.8 Å². The predicted octanol–water partition coefficient (Wildman–Crippen LogP) is 3.95. The molecule has 0 fully saturated rings. The molecule has 1 aromatic carbocycles. The summed E-state index contributed by atoms with van der Waals surface area (Å²) in [6.45, 7) is 11.9. The van der Waals surface area contributed by atoms with Crippen molar-refractivity contribution in [3.63, 3.8) is 0 Å². The second-order valence-corrected chi connectivity index (χ2v) is 4.42. The van der Waals surface area contributed by atoms with E-state index in [9.17, 15) is 0 Å². The quantitative estimate of drug-likeness (QED) is 0.514. The van der Waals surface area contributed by atoms with Crippen molar-refractivity contribution in [2.24, 2.45) is 0 Å². The zero-order valence-electron chi connectivity index (χ0n) is 11.6. The Hall–Kier alpha value is -0.860. The standard InChI is InChI=1S/C15H26NO/c1-5-15(14-12-10-9-11-13-14)17-16(6-2,7-3)8-4/h9-13,15H,5-8H2,1-4H3/q+1. The normalized spacial score (nSPS) is 13.6. The molecule has 0 aliphatic carbocycles. The van der Waals surface area contributed by atoms with Gasteiger partial charge in [-0.15, -0.1) is 0 Å². The summed E-state index contributed by atoms with van der Waals surface area (Å²) in [7, 11) is 0. The summed E-state index contributed by atoms with van der Waals surface area (Å²) in [6.07, 6.45) is 1.22. The van der Waals surface area contributed by atoms with E-state index in [1.807, 2.05) is 0 Å². The van der Waals surface area contributed by atoms with Crippen LogP contribution in [0.25, 0.3) is 0 Å². The second kappa shape index (κ2) is 6.77. The SMILES string of the molecule is CCC(O[N+](CC)(CC)CC)c1ccccc1.